The van der Waals surface area contributed by atoms with E-state index in [1.54, 1.807) is 32.9 Å². The van der Waals surface area contributed by atoms with E-state index >= 15 is 0 Å². The molecule has 0 radical (unpaired) electrons. The van der Waals surface area contributed by atoms with E-state index in [1.807, 2.05) is 19.1 Å². The molecule has 0 spiro atoms. The van der Waals surface area contributed by atoms with Crippen molar-refractivity contribution in [2.45, 2.75) is 52.6 Å². The smallest absolute Gasteiger partial charge is 0.342 e. The van der Waals surface area contributed by atoms with E-state index in [9.17, 15) is 9.59 Å². The van der Waals surface area contributed by atoms with Crippen molar-refractivity contribution in [1.82, 2.24) is 0 Å². The fraction of sp³-hybridized carbons (Fsp3) is 0.500. The summed E-state index contributed by atoms with van der Waals surface area (Å²) < 4.78 is 5.14. The Morgan fingerprint density at radius 3 is 2.14 bits per heavy atom. The molecule has 21 heavy (non-hydrogen) atoms. The first-order chi connectivity index (χ1) is 9.76. The Labute approximate surface area is 125 Å². The maximum atomic E-state index is 11.6. The van der Waals surface area contributed by atoms with Gasteiger partial charge in [0.05, 0.1) is 0 Å². The van der Waals surface area contributed by atoms with Crippen LogP contribution in [0.5, 0.6) is 5.75 Å². The van der Waals surface area contributed by atoms with Crippen molar-refractivity contribution in [1.29, 1.82) is 0 Å². The molecular formula is C16H22O5. The summed E-state index contributed by atoms with van der Waals surface area (Å²) in [6.07, 6.45) is 0.620. The molecule has 0 N–H and O–H groups in total. The summed E-state index contributed by atoms with van der Waals surface area (Å²) in [4.78, 5) is 32.5. The minimum Gasteiger partial charge on any atom is -0.427 e. The highest BCUT2D eigenvalue weighted by atomic mass is 17.2. The van der Waals surface area contributed by atoms with Gasteiger partial charge in [-0.3, -0.25) is 9.68 Å². The highest BCUT2D eigenvalue weighted by Gasteiger charge is 2.15. The zero-order valence-corrected chi connectivity index (χ0v) is 13.0. The van der Waals surface area contributed by atoms with E-state index in [1.165, 1.54) is 0 Å². The molecule has 0 atom stereocenters. The highest BCUT2D eigenvalue weighted by Crippen LogP contribution is 2.13. The van der Waals surface area contributed by atoms with Crippen LogP contribution in [0.25, 0.3) is 0 Å². The molecule has 5 nitrogen and oxygen atoms in total. The summed E-state index contributed by atoms with van der Waals surface area (Å²) in [7, 11) is 0. The molecule has 1 aromatic carbocycles. The number of carbonyl (C=O) groups is 2. The Hall–Kier alpha value is -1.88. The standard InChI is InChI=1S/C16H22O5/c1-12-8-10-13(11-9-12)19-14(17)6-5-7-15(18)20-21-16(2,3)4/h8-11H,5-7H2,1-4H3. The average molecular weight is 294 g/mol. The largest absolute Gasteiger partial charge is 0.427 e. The van der Waals surface area contributed by atoms with Gasteiger partial charge in [-0.05, 0) is 46.2 Å². The Kier molecular flexibility index (Phi) is 6.37. The molecule has 0 aromatic heterocycles. The number of hydrogen-bond acceptors (Lipinski definition) is 5. The monoisotopic (exact) mass is 294 g/mol. The van der Waals surface area contributed by atoms with E-state index < -0.39 is 11.6 Å². The summed E-state index contributed by atoms with van der Waals surface area (Å²) >= 11 is 0. The summed E-state index contributed by atoms with van der Waals surface area (Å²) in [5, 5.41) is 0. The van der Waals surface area contributed by atoms with E-state index in [-0.39, 0.29) is 18.8 Å². The normalized spacial score (nSPS) is 11.0. The SMILES string of the molecule is Cc1ccc(OC(=O)CCCC(=O)OOC(C)(C)C)cc1. The van der Waals surface area contributed by atoms with Crippen LogP contribution in [0, 0.1) is 6.92 Å². The van der Waals surface area contributed by atoms with Gasteiger partial charge in [0.15, 0.2) is 0 Å². The second kappa shape index (κ2) is 7.78. The second-order valence-corrected chi connectivity index (χ2v) is 5.79. The molecule has 1 rings (SSSR count). The van der Waals surface area contributed by atoms with Gasteiger partial charge < -0.3 is 4.74 Å². The van der Waals surface area contributed by atoms with Crippen LogP contribution in [-0.2, 0) is 19.4 Å². The molecule has 0 amide bonds. The third-order valence-corrected chi connectivity index (χ3v) is 2.40. The van der Waals surface area contributed by atoms with Gasteiger partial charge in [0, 0.05) is 12.8 Å². The zero-order valence-electron chi connectivity index (χ0n) is 13.0. The second-order valence-electron chi connectivity index (χ2n) is 5.79. The average Bonchev–Trinajstić information content (AvgIpc) is 2.38. The Balaban J connectivity index is 2.21. The van der Waals surface area contributed by atoms with Gasteiger partial charge >= 0.3 is 11.9 Å². The Morgan fingerprint density at radius 2 is 1.57 bits per heavy atom. The number of rotatable bonds is 6. The first-order valence-electron chi connectivity index (χ1n) is 6.92. The molecule has 0 aliphatic carbocycles. The summed E-state index contributed by atoms with van der Waals surface area (Å²) in [6, 6.07) is 7.20. The third-order valence-electron chi connectivity index (χ3n) is 2.40. The number of benzene rings is 1. The van der Waals surface area contributed by atoms with Crippen molar-refractivity contribution in [2.24, 2.45) is 0 Å². The number of esters is 1. The van der Waals surface area contributed by atoms with Crippen LogP contribution < -0.4 is 4.74 Å². The van der Waals surface area contributed by atoms with Crippen molar-refractivity contribution in [3.63, 3.8) is 0 Å². The van der Waals surface area contributed by atoms with Crippen LogP contribution in [0.2, 0.25) is 0 Å². The van der Waals surface area contributed by atoms with Gasteiger partial charge in [-0.25, -0.2) is 4.79 Å². The van der Waals surface area contributed by atoms with Gasteiger partial charge in [0.25, 0.3) is 0 Å². The van der Waals surface area contributed by atoms with E-state index in [0.717, 1.165) is 5.56 Å². The predicted octanol–water partition coefficient (Wildman–Crippen LogP) is 3.34. The van der Waals surface area contributed by atoms with Gasteiger partial charge in [-0.15, -0.1) is 0 Å². The molecule has 0 saturated carbocycles. The van der Waals surface area contributed by atoms with Crippen LogP contribution in [0.1, 0.15) is 45.6 Å². The Morgan fingerprint density at radius 1 is 1.00 bits per heavy atom. The fourth-order valence-electron chi connectivity index (χ4n) is 1.38. The lowest BCUT2D eigenvalue weighted by Gasteiger charge is -2.16. The first kappa shape index (κ1) is 17.2. The van der Waals surface area contributed by atoms with Crippen molar-refractivity contribution >= 4 is 11.9 Å². The molecule has 0 saturated heterocycles. The fourth-order valence-corrected chi connectivity index (χ4v) is 1.38. The van der Waals surface area contributed by atoms with Gasteiger partial charge in [-0.2, -0.15) is 4.89 Å². The zero-order chi connectivity index (χ0) is 15.9. The summed E-state index contributed by atoms with van der Waals surface area (Å²) in [5.74, 6) is -0.360. The molecule has 0 unspecified atom stereocenters. The number of hydrogen-bond donors (Lipinski definition) is 0. The van der Waals surface area contributed by atoms with Crippen LogP contribution >= 0.6 is 0 Å². The van der Waals surface area contributed by atoms with Crippen molar-refractivity contribution in [3.05, 3.63) is 29.8 Å². The lowest BCUT2D eigenvalue weighted by molar-refractivity contribution is -0.320. The molecular weight excluding hydrogens is 272 g/mol. The number of carbonyl (C=O) groups excluding carboxylic acids is 2. The van der Waals surface area contributed by atoms with Crippen molar-refractivity contribution in [2.75, 3.05) is 0 Å². The molecule has 0 heterocycles. The topological polar surface area (TPSA) is 61.8 Å². The van der Waals surface area contributed by atoms with Crippen molar-refractivity contribution in [3.8, 4) is 5.75 Å². The lowest BCUT2D eigenvalue weighted by Crippen LogP contribution is -2.22. The van der Waals surface area contributed by atoms with Gasteiger partial charge in [-0.1, -0.05) is 17.7 Å². The molecule has 116 valence electrons. The number of ether oxygens (including phenoxy) is 1. The van der Waals surface area contributed by atoms with Gasteiger partial charge in [0.2, 0.25) is 0 Å². The van der Waals surface area contributed by atoms with Crippen LogP contribution in [0.15, 0.2) is 24.3 Å². The maximum absolute atomic E-state index is 11.6. The van der Waals surface area contributed by atoms with Crippen LogP contribution in [0.3, 0.4) is 0 Å². The predicted molar refractivity (Wildman–Crippen MR) is 77.6 cm³/mol. The molecule has 5 heteroatoms. The molecule has 1 aromatic rings. The van der Waals surface area contributed by atoms with Gasteiger partial charge in [0.1, 0.15) is 11.4 Å². The quantitative estimate of drug-likeness (QED) is 0.348. The lowest BCUT2D eigenvalue weighted by atomic mass is 10.2. The molecule has 0 aliphatic rings. The minimum absolute atomic E-state index is 0.110. The first-order valence-corrected chi connectivity index (χ1v) is 6.92. The third kappa shape index (κ3) is 8.09. The summed E-state index contributed by atoms with van der Waals surface area (Å²) in [5.41, 5.74) is 0.552. The minimum atomic E-state index is -0.542. The van der Waals surface area contributed by atoms with Crippen molar-refractivity contribution < 1.29 is 24.1 Å². The van der Waals surface area contributed by atoms with E-state index in [4.69, 9.17) is 9.62 Å². The van der Waals surface area contributed by atoms with E-state index in [2.05, 4.69) is 4.89 Å². The van der Waals surface area contributed by atoms with Crippen LogP contribution in [0.4, 0.5) is 0 Å². The van der Waals surface area contributed by atoms with E-state index in [0.29, 0.717) is 12.2 Å². The van der Waals surface area contributed by atoms with Crippen LogP contribution in [-0.4, -0.2) is 17.5 Å². The number of aryl methyl sites for hydroxylation is 1. The summed E-state index contributed by atoms with van der Waals surface area (Å²) in [6.45, 7) is 7.29. The molecule has 0 fully saturated rings. The molecule has 0 bridgehead atoms. The highest BCUT2D eigenvalue weighted by molar-refractivity contribution is 5.74. The molecule has 0 aliphatic heterocycles. The Bertz CT molecular complexity index is 470. The maximum Gasteiger partial charge on any atom is 0.342 e.